The highest BCUT2D eigenvalue weighted by Crippen LogP contribution is 2.24. The highest BCUT2D eigenvalue weighted by Gasteiger charge is 2.29. The second-order valence-electron chi connectivity index (χ2n) is 6.33. The van der Waals surface area contributed by atoms with Crippen LogP contribution in [0.4, 0.5) is 11.4 Å². The lowest BCUT2D eigenvalue weighted by molar-refractivity contribution is -0.116. The maximum absolute atomic E-state index is 12.7. The number of amides is 1. The Morgan fingerprint density at radius 3 is 2.00 bits per heavy atom. The molecule has 6 heteroatoms. The third-order valence-corrected chi connectivity index (χ3v) is 5.35. The second kappa shape index (κ2) is 7.27. The molecule has 134 valence electrons. The maximum Gasteiger partial charge on any atom is 0.248 e. The van der Waals surface area contributed by atoms with Crippen LogP contribution in [0.5, 0.6) is 0 Å². The van der Waals surface area contributed by atoms with E-state index in [1.165, 1.54) is 0 Å². The van der Waals surface area contributed by atoms with Gasteiger partial charge in [-0.2, -0.15) is 0 Å². The summed E-state index contributed by atoms with van der Waals surface area (Å²) in [5, 5.41) is 2.87. The van der Waals surface area contributed by atoms with Gasteiger partial charge in [-0.05, 0) is 51.0 Å². The molecule has 0 aliphatic rings. The first-order chi connectivity index (χ1) is 11.6. The van der Waals surface area contributed by atoms with Gasteiger partial charge in [0.05, 0.1) is 11.9 Å². The summed E-state index contributed by atoms with van der Waals surface area (Å²) in [6.07, 6.45) is 1.11. The average Bonchev–Trinajstić information content (AvgIpc) is 2.51. The van der Waals surface area contributed by atoms with Crippen molar-refractivity contribution in [1.82, 2.24) is 0 Å². The van der Waals surface area contributed by atoms with Crippen LogP contribution in [-0.4, -0.2) is 26.6 Å². The number of nitrogens with zero attached hydrogens (tertiary/aromatic N) is 1. The number of anilines is 2. The molecule has 0 aliphatic heterocycles. The number of carbonyl (C=O) groups excluding carboxylic acids is 1. The fourth-order valence-corrected chi connectivity index (χ4v) is 3.91. The van der Waals surface area contributed by atoms with E-state index >= 15 is 0 Å². The smallest absolute Gasteiger partial charge is 0.248 e. The SMILES string of the molecule is Cc1ccc(N([C@@H](C)C(=O)Nc2c(C)cccc2C)S(C)(=O)=O)cc1. The molecule has 0 aromatic heterocycles. The normalized spacial score (nSPS) is 12.5. The van der Waals surface area contributed by atoms with E-state index < -0.39 is 16.1 Å². The molecule has 5 nitrogen and oxygen atoms in total. The molecule has 0 bridgehead atoms. The molecule has 0 radical (unpaired) electrons. The van der Waals surface area contributed by atoms with Crippen molar-refractivity contribution in [2.75, 3.05) is 15.9 Å². The number of sulfonamides is 1. The number of carbonyl (C=O) groups is 1. The predicted molar refractivity (Wildman–Crippen MR) is 103 cm³/mol. The van der Waals surface area contributed by atoms with E-state index in [0.717, 1.165) is 32.9 Å². The molecule has 1 N–H and O–H groups in total. The number of nitrogens with one attached hydrogen (secondary N) is 1. The Kier molecular flexibility index (Phi) is 5.52. The van der Waals surface area contributed by atoms with E-state index in [1.54, 1.807) is 19.1 Å². The summed E-state index contributed by atoms with van der Waals surface area (Å²) in [5.41, 5.74) is 4.07. The van der Waals surface area contributed by atoms with Crippen molar-refractivity contribution in [3.8, 4) is 0 Å². The van der Waals surface area contributed by atoms with Gasteiger partial charge in [-0.25, -0.2) is 8.42 Å². The van der Waals surface area contributed by atoms with E-state index in [2.05, 4.69) is 5.32 Å². The molecule has 0 heterocycles. The van der Waals surface area contributed by atoms with E-state index in [0.29, 0.717) is 5.69 Å². The highest BCUT2D eigenvalue weighted by atomic mass is 32.2. The number of aryl methyl sites for hydroxylation is 3. The van der Waals surface area contributed by atoms with Crippen LogP contribution in [0.15, 0.2) is 42.5 Å². The Morgan fingerprint density at radius 2 is 1.52 bits per heavy atom. The largest absolute Gasteiger partial charge is 0.324 e. The fourth-order valence-electron chi connectivity index (χ4n) is 2.74. The van der Waals surface area contributed by atoms with Crippen molar-refractivity contribution in [2.45, 2.75) is 33.7 Å². The van der Waals surface area contributed by atoms with Crippen LogP contribution < -0.4 is 9.62 Å². The van der Waals surface area contributed by atoms with Gasteiger partial charge in [0.2, 0.25) is 15.9 Å². The zero-order chi connectivity index (χ0) is 18.8. The summed E-state index contributed by atoms with van der Waals surface area (Å²) in [7, 11) is -3.62. The maximum atomic E-state index is 12.7. The molecular formula is C19H24N2O3S. The van der Waals surface area contributed by atoms with Crippen LogP contribution in [0.1, 0.15) is 23.6 Å². The Labute approximate surface area is 149 Å². The van der Waals surface area contributed by atoms with Crippen molar-refractivity contribution in [3.05, 3.63) is 59.2 Å². The fraction of sp³-hybridized carbons (Fsp3) is 0.316. The molecule has 2 rings (SSSR count). The van der Waals surface area contributed by atoms with Gasteiger partial charge in [-0.3, -0.25) is 9.10 Å². The minimum Gasteiger partial charge on any atom is -0.324 e. The highest BCUT2D eigenvalue weighted by molar-refractivity contribution is 7.92. The van der Waals surface area contributed by atoms with Crippen molar-refractivity contribution in [2.24, 2.45) is 0 Å². The van der Waals surface area contributed by atoms with Crippen molar-refractivity contribution >= 4 is 27.3 Å². The van der Waals surface area contributed by atoms with E-state index in [-0.39, 0.29) is 5.91 Å². The number of rotatable bonds is 5. The number of benzene rings is 2. The summed E-state index contributed by atoms with van der Waals surface area (Å²) in [5.74, 6) is -0.372. The molecule has 1 amide bonds. The van der Waals surface area contributed by atoms with Crippen LogP contribution >= 0.6 is 0 Å². The lowest BCUT2D eigenvalue weighted by Gasteiger charge is -2.28. The second-order valence-corrected chi connectivity index (χ2v) is 8.19. The van der Waals surface area contributed by atoms with E-state index in [4.69, 9.17) is 0 Å². The first-order valence-electron chi connectivity index (χ1n) is 8.04. The third kappa shape index (κ3) is 4.39. The molecule has 0 fully saturated rings. The Bertz CT molecular complexity index is 854. The van der Waals surface area contributed by atoms with Gasteiger partial charge in [-0.1, -0.05) is 35.9 Å². The number of hydrogen-bond donors (Lipinski definition) is 1. The summed E-state index contributed by atoms with van der Waals surface area (Å²) in [6, 6.07) is 11.9. The van der Waals surface area contributed by atoms with Gasteiger partial charge < -0.3 is 5.32 Å². The van der Waals surface area contributed by atoms with Gasteiger partial charge in [0.15, 0.2) is 0 Å². The predicted octanol–water partition coefficient (Wildman–Crippen LogP) is 3.41. The Balaban J connectivity index is 2.35. The van der Waals surface area contributed by atoms with Crippen LogP contribution in [0.3, 0.4) is 0 Å². The molecule has 2 aromatic rings. The molecule has 0 saturated carbocycles. The summed E-state index contributed by atoms with van der Waals surface area (Å²) >= 11 is 0. The number of para-hydroxylation sites is 1. The average molecular weight is 360 g/mol. The Hall–Kier alpha value is -2.34. The van der Waals surface area contributed by atoms with E-state index in [9.17, 15) is 13.2 Å². The van der Waals surface area contributed by atoms with Crippen molar-refractivity contribution in [1.29, 1.82) is 0 Å². The molecule has 0 saturated heterocycles. The van der Waals surface area contributed by atoms with Crippen molar-refractivity contribution < 1.29 is 13.2 Å². The lowest BCUT2D eigenvalue weighted by atomic mass is 10.1. The molecule has 25 heavy (non-hydrogen) atoms. The minimum absolute atomic E-state index is 0.372. The first-order valence-corrected chi connectivity index (χ1v) is 9.89. The zero-order valence-electron chi connectivity index (χ0n) is 15.2. The van der Waals surface area contributed by atoms with E-state index in [1.807, 2.05) is 51.1 Å². The topological polar surface area (TPSA) is 66.5 Å². The Morgan fingerprint density at radius 1 is 1.00 bits per heavy atom. The van der Waals surface area contributed by atoms with Crippen LogP contribution in [0, 0.1) is 20.8 Å². The van der Waals surface area contributed by atoms with Gasteiger partial charge in [0, 0.05) is 5.69 Å². The third-order valence-electron chi connectivity index (χ3n) is 4.11. The summed E-state index contributed by atoms with van der Waals surface area (Å²) in [4.78, 5) is 12.7. The van der Waals surface area contributed by atoms with Gasteiger partial charge >= 0.3 is 0 Å². The van der Waals surface area contributed by atoms with Gasteiger partial charge in [0.1, 0.15) is 6.04 Å². The van der Waals surface area contributed by atoms with Gasteiger partial charge in [0.25, 0.3) is 0 Å². The molecule has 0 spiro atoms. The molecule has 0 unspecified atom stereocenters. The standard InChI is InChI=1S/C19H24N2O3S/c1-13-9-11-17(12-10-13)21(25(5,23)24)16(4)19(22)20-18-14(2)7-6-8-15(18)3/h6-12,16H,1-5H3,(H,20,22)/t16-/m0/s1. The van der Waals surface area contributed by atoms with Crippen LogP contribution in [0.2, 0.25) is 0 Å². The van der Waals surface area contributed by atoms with Crippen molar-refractivity contribution in [3.63, 3.8) is 0 Å². The molecule has 0 aliphatic carbocycles. The summed E-state index contributed by atoms with van der Waals surface area (Å²) < 4.78 is 25.7. The zero-order valence-corrected chi connectivity index (χ0v) is 16.0. The van der Waals surface area contributed by atoms with Crippen LogP contribution in [-0.2, 0) is 14.8 Å². The lowest BCUT2D eigenvalue weighted by Crippen LogP contribution is -2.45. The molecule has 2 aromatic carbocycles. The van der Waals surface area contributed by atoms with Crippen LogP contribution in [0.25, 0.3) is 0 Å². The first kappa shape index (κ1) is 19.0. The minimum atomic E-state index is -3.62. The number of hydrogen-bond acceptors (Lipinski definition) is 3. The van der Waals surface area contributed by atoms with Gasteiger partial charge in [-0.15, -0.1) is 0 Å². The molecule has 1 atom stereocenters. The summed E-state index contributed by atoms with van der Waals surface area (Å²) in [6.45, 7) is 7.32. The monoisotopic (exact) mass is 360 g/mol. The molecular weight excluding hydrogens is 336 g/mol. The quantitative estimate of drug-likeness (QED) is 0.888.